The second-order valence-electron chi connectivity index (χ2n) is 6.69. The van der Waals surface area contributed by atoms with Crippen molar-refractivity contribution in [1.82, 2.24) is 5.32 Å². The van der Waals surface area contributed by atoms with Gasteiger partial charge in [-0.15, -0.1) is 0 Å². The number of aryl methyl sites for hydroxylation is 1. The number of hydrogen-bond donors (Lipinski definition) is 2. The summed E-state index contributed by atoms with van der Waals surface area (Å²) in [4.78, 5) is 24.7. The van der Waals surface area contributed by atoms with Crippen LogP contribution in [0.1, 0.15) is 72.4 Å². The van der Waals surface area contributed by atoms with E-state index in [9.17, 15) is 9.59 Å². The maximum Gasteiger partial charge on any atom is 0.165 e. The van der Waals surface area contributed by atoms with Crippen molar-refractivity contribution in [2.24, 2.45) is 11.7 Å². The van der Waals surface area contributed by atoms with Gasteiger partial charge in [0.1, 0.15) is 0 Å². The first-order valence-electron chi connectivity index (χ1n) is 8.42. The number of carbonyl (C=O) groups excluding carboxylic acids is 2. The molecule has 0 unspecified atom stereocenters. The number of nitrogens with one attached hydrogen (secondary N) is 1. The number of carbonyl (C=O) groups is 2. The molecule has 4 heteroatoms. The molecular formula is C19H30N2O2. The van der Waals surface area contributed by atoms with Crippen molar-refractivity contribution in [3.8, 4) is 0 Å². The molecule has 0 spiro atoms. The first kappa shape index (κ1) is 19.5. The lowest BCUT2D eigenvalue weighted by Gasteiger charge is -2.15. The van der Waals surface area contributed by atoms with Crippen LogP contribution in [0, 0.1) is 12.8 Å². The van der Waals surface area contributed by atoms with Crippen LogP contribution in [0.25, 0.3) is 0 Å². The standard InChI is InChI=1S/C19H30N2O2/c1-12(2)19(23)18-14(5)9-15(10-16(18)11-20)17(22)7-6-8-21-13(3)4/h9-10,12-13,21H,6-8,11,20H2,1-5H3. The fraction of sp³-hybridized carbons (Fsp3) is 0.579. The van der Waals surface area contributed by atoms with Gasteiger partial charge in [0, 0.05) is 36.1 Å². The molecule has 0 aliphatic heterocycles. The molecule has 128 valence electrons. The molecule has 0 amide bonds. The highest BCUT2D eigenvalue weighted by Crippen LogP contribution is 2.22. The van der Waals surface area contributed by atoms with E-state index in [-0.39, 0.29) is 24.0 Å². The summed E-state index contributed by atoms with van der Waals surface area (Å²) in [6.45, 7) is 10.9. The molecule has 0 radical (unpaired) electrons. The van der Waals surface area contributed by atoms with Crippen LogP contribution in [0.3, 0.4) is 0 Å². The molecule has 0 fully saturated rings. The average molecular weight is 318 g/mol. The first-order valence-corrected chi connectivity index (χ1v) is 8.42. The van der Waals surface area contributed by atoms with Crippen LogP contribution < -0.4 is 11.1 Å². The quantitative estimate of drug-likeness (QED) is 0.541. The molecule has 1 rings (SSSR count). The number of ketones is 2. The van der Waals surface area contributed by atoms with E-state index in [1.165, 1.54) is 0 Å². The highest BCUT2D eigenvalue weighted by Gasteiger charge is 2.19. The first-order chi connectivity index (χ1) is 10.8. The summed E-state index contributed by atoms with van der Waals surface area (Å²) in [5.41, 5.74) is 8.76. The summed E-state index contributed by atoms with van der Waals surface area (Å²) in [6, 6.07) is 4.05. The molecule has 0 atom stereocenters. The Bertz CT molecular complexity index is 563. The summed E-state index contributed by atoms with van der Waals surface area (Å²) in [5, 5.41) is 3.31. The number of hydrogen-bond acceptors (Lipinski definition) is 4. The van der Waals surface area contributed by atoms with E-state index in [1.54, 1.807) is 6.07 Å². The molecule has 0 bridgehead atoms. The predicted molar refractivity (Wildman–Crippen MR) is 94.9 cm³/mol. The molecule has 0 aliphatic carbocycles. The molecule has 4 nitrogen and oxygen atoms in total. The maximum absolute atomic E-state index is 12.4. The average Bonchev–Trinajstić information content (AvgIpc) is 2.49. The lowest BCUT2D eigenvalue weighted by Crippen LogP contribution is -2.24. The van der Waals surface area contributed by atoms with E-state index in [0.717, 1.165) is 24.1 Å². The highest BCUT2D eigenvalue weighted by molar-refractivity contribution is 6.02. The largest absolute Gasteiger partial charge is 0.326 e. The minimum Gasteiger partial charge on any atom is -0.326 e. The molecule has 1 aromatic carbocycles. The van der Waals surface area contributed by atoms with Crippen LogP contribution in [-0.2, 0) is 6.54 Å². The molecule has 0 saturated heterocycles. The summed E-state index contributed by atoms with van der Waals surface area (Å²) >= 11 is 0. The zero-order valence-corrected chi connectivity index (χ0v) is 15.0. The van der Waals surface area contributed by atoms with E-state index >= 15 is 0 Å². The van der Waals surface area contributed by atoms with Gasteiger partial charge in [-0.2, -0.15) is 0 Å². The minimum atomic E-state index is -0.0809. The SMILES string of the molecule is Cc1cc(C(=O)CCCNC(C)C)cc(CN)c1C(=O)C(C)C. The summed E-state index contributed by atoms with van der Waals surface area (Å²) in [6.07, 6.45) is 1.31. The molecule has 0 aromatic heterocycles. The Hall–Kier alpha value is -1.52. The third kappa shape index (κ3) is 5.56. The van der Waals surface area contributed by atoms with Crippen LogP contribution >= 0.6 is 0 Å². The highest BCUT2D eigenvalue weighted by atomic mass is 16.1. The maximum atomic E-state index is 12.4. The van der Waals surface area contributed by atoms with Gasteiger partial charge in [-0.1, -0.05) is 27.7 Å². The summed E-state index contributed by atoms with van der Waals surface area (Å²) in [5.74, 6) is 0.114. The number of benzene rings is 1. The monoisotopic (exact) mass is 318 g/mol. The zero-order valence-electron chi connectivity index (χ0n) is 15.0. The number of Topliss-reactive ketones (excluding diaryl/α,β-unsaturated/α-hetero) is 2. The fourth-order valence-corrected chi connectivity index (χ4v) is 2.61. The van der Waals surface area contributed by atoms with Gasteiger partial charge in [-0.25, -0.2) is 0 Å². The zero-order chi connectivity index (χ0) is 17.6. The van der Waals surface area contributed by atoms with Crippen molar-refractivity contribution in [3.05, 3.63) is 34.4 Å². The van der Waals surface area contributed by atoms with Gasteiger partial charge in [-0.3, -0.25) is 9.59 Å². The van der Waals surface area contributed by atoms with Gasteiger partial charge >= 0.3 is 0 Å². The molecular weight excluding hydrogens is 288 g/mol. The van der Waals surface area contributed by atoms with Gasteiger partial charge in [-0.05, 0) is 43.1 Å². The van der Waals surface area contributed by atoms with Gasteiger partial charge in [0.25, 0.3) is 0 Å². The molecule has 23 heavy (non-hydrogen) atoms. The second kappa shape index (κ2) is 8.94. The smallest absolute Gasteiger partial charge is 0.165 e. The van der Waals surface area contributed by atoms with Crippen molar-refractivity contribution in [2.75, 3.05) is 6.54 Å². The van der Waals surface area contributed by atoms with Crippen molar-refractivity contribution in [3.63, 3.8) is 0 Å². The van der Waals surface area contributed by atoms with Crippen molar-refractivity contribution in [1.29, 1.82) is 0 Å². The predicted octanol–water partition coefficient (Wildman–Crippen LogP) is 3.25. The topological polar surface area (TPSA) is 72.2 Å². The Labute approximate surface area is 139 Å². The third-order valence-electron chi connectivity index (χ3n) is 3.86. The molecule has 0 saturated carbocycles. The van der Waals surface area contributed by atoms with E-state index < -0.39 is 0 Å². The van der Waals surface area contributed by atoms with Gasteiger partial charge in [0.15, 0.2) is 11.6 Å². The summed E-state index contributed by atoms with van der Waals surface area (Å²) < 4.78 is 0. The Balaban J connectivity index is 2.91. The summed E-state index contributed by atoms with van der Waals surface area (Å²) in [7, 11) is 0. The van der Waals surface area contributed by atoms with E-state index in [2.05, 4.69) is 19.2 Å². The number of nitrogens with two attached hydrogens (primary N) is 1. The van der Waals surface area contributed by atoms with Gasteiger partial charge in [0.2, 0.25) is 0 Å². The Morgan fingerprint density at radius 1 is 1.17 bits per heavy atom. The van der Waals surface area contributed by atoms with Crippen LogP contribution in [0.4, 0.5) is 0 Å². The normalized spacial score (nSPS) is 11.3. The van der Waals surface area contributed by atoms with E-state index in [4.69, 9.17) is 5.73 Å². The lowest BCUT2D eigenvalue weighted by molar-refractivity contribution is 0.0934. The Morgan fingerprint density at radius 2 is 1.83 bits per heavy atom. The van der Waals surface area contributed by atoms with Crippen LogP contribution in [0.15, 0.2) is 12.1 Å². The number of rotatable bonds is 9. The molecule has 3 N–H and O–H groups in total. The Kier molecular flexibility index (Phi) is 7.59. The second-order valence-corrected chi connectivity index (χ2v) is 6.69. The lowest BCUT2D eigenvalue weighted by atomic mass is 9.89. The Morgan fingerprint density at radius 3 is 2.35 bits per heavy atom. The molecule has 0 heterocycles. The minimum absolute atomic E-state index is 0.0809. The molecule has 1 aromatic rings. The van der Waals surface area contributed by atoms with Crippen LogP contribution in [-0.4, -0.2) is 24.2 Å². The van der Waals surface area contributed by atoms with Gasteiger partial charge < -0.3 is 11.1 Å². The molecule has 0 aliphatic rings. The van der Waals surface area contributed by atoms with E-state index in [0.29, 0.717) is 23.6 Å². The van der Waals surface area contributed by atoms with E-state index in [1.807, 2.05) is 26.8 Å². The fourth-order valence-electron chi connectivity index (χ4n) is 2.61. The van der Waals surface area contributed by atoms with Crippen molar-refractivity contribution >= 4 is 11.6 Å². The third-order valence-corrected chi connectivity index (χ3v) is 3.86. The van der Waals surface area contributed by atoms with Gasteiger partial charge in [0.05, 0.1) is 0 Å². The van der Waals surface area contributed by atoms with Crippen molar-refractivity contribution in [2.45, 2.75) is 60.0 Å². The van der Waals surface area contributed by atoms with Crippen LogP contribution in [0.2, 0.25) is 0 Å². The van der Waals surface area contributed by atoms with Crippen LogP contribution in [0.5, 0.6) is 0 Å². The van der Waals surface area contributed by atoms with Crippen molar-refractivity contribution < 1.29 is 9.59 Å².